The lowest BCUT2D eigenvalue weighted by Gasteiger charge is -2.15. The summed E-state index contributed by atoms with van der Waals surface area (Å²) in [5, 5.41) is 8.68. The minimum absolute atomic E-state index is 0.305. The molecule has 0 saturated heterocycles. The van der Waals surface area contributed by atoms with E-state index in [0.717, 1.165) is 28.7 Å². The zero-order valence-corrected chi connectivity index (χ0v) is 15.3. The maximum Gasteiger partial charge on any atom is 0.583 e. The Morgan fingerprint density at radius 2 is 1.59 bits per heavy atom. The molecular weight excluding hydrogens is 385 g/mol. The largest absolute Gasteiger partial charge is 0.583 e. The van der Waals surface area contributed by atoms with Gasteiger partial charge in [0.25, 0.3) is 11.4 Å². The van der Waals surface area contributed by atoms with Gasteiger partial charge in [-0.25, -0.2) is 0 Å². The molecule has 29 heavy (non-hydrogen) atoms. The molecule has 1 spiro atoms. The van der Waals surface area contributed by atoms with Crippen molar-refractivity contribution >= 4 is 0 Å². The number of aryl methyl sites for hydroxylation is 1. The molecule has 0 bridgehead atoms. The van der Waals surface area contributed by atoms with E-state index in [4.69, 9.17) is 5.10 Å². The summed E-state index contributed by atoms with van der Waals surface area (Å²) < 4.78 is 47.3. The van der Waals surface area contributed by atoms with Crippen molar-refractivity contribution in [3.05, 3.63) is 60.2 Å². The molecule has 4 aromatic rings. The number of aromatic nitrogens is 8. The normalized spacial score (nSPS) is 18.7. The van der Waals surface area contributed by atoms with Crippen molar-refractivity contribution in [3.8, 4) is 22.8 Å². The minimum Gasteiger partial charge on any atom is -0.251 e. The van der Waals surface area contributed by atoms with Crippen LogP contribution in [0.4, 0.5) is 13.2 Å². The molecule has 2 aliphatic heterocycles. The number of halogens is 3. The molecular formula is C18H13F3N8+2. The van der Waals surface area contributed by atoms with Crippen LogP contribution in [-0.4, -0.2) is 29.5 Å². The molecule has 0 N–H and O–H groups in total. The molecule has 0 aliphatic carbocycles. The van der Waals surface area contributed by atoms with Gasteiger partial charge in [-0.2, -0.15) is 23.4 Å². The van der Waals surface area contributed by atoms with Crippen LogP contribution in [0.3, 0.4) is 0 Å². The number of nitrogens with zero attached hydrogens (tertiary/aromatic N) is 8. The summed E-state index contributed by atoms with van der Waals surface area (Å²) in [6.07, 6.45) is 5.26. The topological polar surface area (TPSA) is 69.2 Å². The van der Waals surface area contributed by atoms with E-state index in [2.05, 4.69) is 15.1 Å². The fraction of sp³-hybridized carbons (Fsp3) is 0.222. The Hall–Kier alpha value is -3.63. The summed E-state index contributed by atoms with van der Waals surface area (Å²) in [4.78, 5) is 8.34. The highest BCUT2D eigenvalue weighted by Gasteiger charge is 2.70. The second-order valence-electron chi connectivity index (χ2n) is 7.06. The highest BCUT2D eigenvalue weighted by molar-refractivity contribution is 5.60. The number of rotatable bonds is 0. The summed E-state index contributed by atoms with van der Waals surface area (Å²) in [6, 6.07) is 1.05. The number of alkyl halides is 3. The van der Waals surface area contributed by atoms with Crippen LogP contribution in [-0.2, 0) is 12.1 Å². The van der Waals surface area contributed by atoms with E-state index in [9.17, 15) is 13.2 Å². The van der Waals surface area contributed by atoms with Crippen LogP contribution in [0.5, 0.6) is 0 Å². The lowest BCUT2D eigenvalue weighted by atomic mass is 10.2. The molecule has 0 radical (unpaired) electrons. The molecule has 0 amide bonds. The van der Waals surface area contributed by atoms with Crippen LogP contribution in [0.25, 0.3) is 22.8 Å². The van der Waals surface area contributed by atoms with Crippen molar-refractivity contribution in [2.75, 3.05) is 0 Å². The number of fused-ring (bicyclic) bond motifs is 10. The molecule has 144 valence electrons. The van der Waals surface area contributed by atoms with E-state index in [1.165, 1.54) is 10.9 Å². The van der Waals surface area contributed by atoms with E-state index in [1.807, 2.05) is 23.0 Å². The molecule has 1 atom stereocenters. The smallest absolute Gasteiger partial charge is 0.251 e. The Balaban J connectivity index is 1.82. The second kappa shape index (κ2) is 4.85. The quantitative estimate of drug-likeness (QED) is 0.361. The van der Waals surface area contributed by atoms with E-state index in [-0.39, 0.29) is 0 Å². The molecule has 1 unspecified atom stereocenters. The van der Waals surface area contributed by atoms with Gasteiger partial charge in [0.05, 0.1) is 18.1 Å². The van der Waals surface area contributed by atoms with Gasteiger partial charge in [0.2, 0.25) is 0 Å². The Bertz CT molecular complexity index is 1340. The second-order valence-corrected chi connectivity index (χ2v) is 7.06. The minimum atomic E-state index is -4.57. The first-order valence-electron chi connectivity index (χ1n) is 8.82. The molecule has 0 aromatic carbocycles. The maximum atomic E-state index is 13.5. The van der Waals surface area contributed by atoms with Gasteiger partial charge in [-0.1, -0.05) is 9.13 Å². The molecule has 6 heterocycles. The summed E-state index contributed by atoms with van der Waals surface area (Å²) in [5.41, 5.74) is 3.07. The third-order valence-electron chi connectivity index (χ3n) is 5.60. The predicted molar refractivity (Wildman–Crippen MR) is 90.0 cm³/mol. The van der Waals surface area contributed by atoms with Gasteiger partial charge >= 0.3 is 12.1 Å². The highest BCUT2D eigenvalue weighted by atomic mass is 19.4. The van der Waals surface area contributed by atoms with Crippen molar-refractivity contribution in [1.29, 1.82) is 0 Å². The first-order valence-corrected chi connectivity index (χ1v) is 8.82. The fourth-order valence-corrected chi connectivity index (χ4v) is 4.28. The van der Waals surface area contributed by atoms with Crippen LogP contribution in [0, 0.1) is 13.8 Å². The monoisotopic (exact) mass is 398 g/mol. The molecule has 6 rings (SSSR count). The van der Waals surface area contributed by atoms with Crippen LogP contribution in [0.1, 0.15) is 17.0 Å². The fourth-order valence-electron chi connectivity index (χ4n) is 4.28. The van der Waals surface area contributed by atoms with Crippen molar-refractivity contribution in [2.45, 2.75) is 25.9 Å². The SMILES string of the molecule is Cc1nn2c(c1C)-c1cncc[n+]1C21n2nc(C(F)(F)F)cc2-c2cncc[n+]21. The lowest BCUT2D eigenvalue weighted by molar-refractivity contribution is -0.991. The third kappa shape index (κ3) is 1.71. The number of hydrogen-bond donors (Lipinski definition) is 0. The molecule has 4 aromatic heterocycles. The Kier molecular flexibility index (Phi) is 2.73. The molecule has 11 heteroatoms. The van der Waals surface area contributed by atoms with Gasteiger partial charge in [-0.15, -0.1) is 9.36 Å². The van der Waals surface area contributed by atoms with Crippen molar-refractivity contribution in [2.24, 2.45) is 0 Å². The first kappa shape index (κ1) is 16.3. The molecule has 0 saturated carbocycles. The summed E-state index contributed by atoms with van der Waals surface area (Å²) in [7, 11) is 0. The van der Waals surface area contributed by atoms with Crippen molar-refractivity contribution < 1.29 is 22.3 Å². The average Bonchev–Trinajstić information content (AvgIpc) is 3.39. The van der Waals surface area contributed by atoms with Crippen LogP contribution in [0.2, 0.25) is 0 Å². The zero-order valence-electron chi connectivity index (χ0n) is 15.3. The molecule has 0 fully saturated rings. The summed E-state index contributed by atoms with van der Waals surface area (Å²) >= 11 is 0. The third-order valence-corrected chi connectivity index (χ3v) is 5.60. The highest BCUT2D eigenvalue weighted by Crippen LogP contribution is 2.40. The zero-order chi connectivity index (χ0) is 20.1. The van der Waals surface area contributed by atoms with Gasteiger partial charge in [0, 0.05) is 11.6 Å². The van der Waals surface area contributed by atoms with Crippen LogP contribution >= 0.6 is 0 Å². The standard InChI is InChI=1S/C18H13F3N8/c1-10-11(2)24-29-16(10)14-9-23-4-6-27(14)18(29)26-5-3-22-8-13(26)12-7-15(17(19,20)21)25-28(12)18/h3-9H,1-2H3/q+2. The van der Waals surface area contributed by atoms with Gasteiger partial charge in [0.15, 0.2) is 29.5 Å². The summed E-state index contributed by atoms with van der Waals surface area (Å²) in [6.45, 7) is 3.80. The average molecular weight is 398 g/mol. The summed E-state index contributed by atoms with van der Waals surface area (Å²) in [5.74, 6) is -1.32. The van der Waals surface area contributed by atoms with Crippen molar-refractivity contribution in [1.82, 2.24) is 29.5 Å². The van der Waals surface area contributed by atoms with Gasteiger partial charge < -0.3 is 0 Å². The van der Waals surface area contributed by atoms with E-state index in [1.54, 1.807) is 35.7 Å². The van der Waals surface area contributed by atoms with Crippen molar-refractivity contribution in [3.63, 3.8) is 0 Å². The van der Waals surface area contributed by atoms with E-state index >= 15 is 0 Å². The van der Waals surface area contributed by atoms with Crippen LogP contribution < -0.4 is 9.13 Å². The van der Waals surface area contributed by atoms with Crippen LogP contribution in [0.15, 0.2) is 43.2 Å². The Morgan fingerprint density at radius 3 is 2.28 bits per heavy atom. The Labute approximate surface area is 161 Å². The van der Waals surface area contributed by atoms with Gasteiger partial charge in [-0.3, -0.25) is 9.97 Å². The van der Waals surface area contributed by atoms with Gasteiger partial charge in [-0.05, 0) is 13.8 Å². The molecule has 8 nitrogen and oxygen atoms in total. The predicted octanol–water partition coefficient (Wildman–Crippen LogP) is 1.25. The van der Waals surface area contributed by atoms with E-state index in [0.29, 0.717) is 11.4 Å². The lowest BCUT2D eigenvalue weighted by Crippen LogP contribution is -2.77. The Morgan fingerprint density at radius 1 is 0.931 bits per heavy atom. The number of hydrogen-bond acceptors (Lipinski definition) is 4. The maximum absolute atomic E-state index is 13.5. The molecule has 2 aliphatic rings. The first-order chi connectivity index (χ1) is 13.8. The van der Waals surface area contributed by atoms with Gasteiger partial charge in [0.1, 0.15) is 12.4 Å². The van der Waals surface area contributed by atoms with E-state index < -0.39 is 17.8 Å².